The molecule has 1 saturated heterocycles. The predicted molar refractivity (Wildman–Crippen MR) is 118 cm³/mol. The molecular formula is C20H25ClN4O4S. The van der Waals surface area contributed by atoms with Gasteiger partial charge in [-0.1, -0.05) is 11.6 Å². The van der Waals surface area contributed by atoms with Crippen molar-refractivity contribution < 1.29 is 17.9 Å². The van der Waals surface area contributed by atoms with Gasteiger partial charge >= 0.3 is 0 Å². The molecule has 1 aromatic carbocycles. The van der Waals surface area contributed by atoms with Crippen LogP contribution in [0.5, 0.6) is 5.75 Å². The topological polar surface area (TPSA) is 91.8 Å². The van der Waals surface area contributed by atoms with Gasteiger partial charge in [-0.05, 0) is 50.2 Å². The first-order chi connectivity index (χ1) is 14.2. The van der Waals surface area contributed by atoms with Crippen LogP contribution in [0.3, 0.4) is 0 Å². The summed E-state index contributed by atoms with van der Waals surface area (Å²) in [6, 6.07) is 10.2. The Kier molecular flexibility index (Phi) is 7.04. The van der Waals surface area contributed by atoms with Crippen molar-refractivity contribution in [3.63, 3.8) is 0 Å². The fourth-order valence-electron chi connectivity index (χ4n) is 3.08. The number of sulfonamides is 1. The number of piperazine rings is 1. The molecule has 1 fully saturated rings. The fourth-order valence-corrected chi connectivity index (χ4v) is 4.27. The number of pyridine rings is 1. The second kappa shape index (κ2) is 9.53. The molecule has 0 radical (unpaired) electrons. The Morgan fingerprint density at radius 3 is 2.37 bits per heavy atom. The van der Waals surface area contributed by atoms with Crippen LogP contribution >= 0.6 is 11.6 Å². The van der Waals surface area contributed by atoms with Crippen molar-refractivity contribution in [3.05, 3.63) is 47.6 Å². The fraction of sp³-hybridized carbons (Fsp3) is 0.400. The Labute approximate surface area is 181 Å². The van der Waals surface area contributed by atoms with Crippen LogP contribution in [0.1, 0.15) is 13.8 Å². The van der Waals surface area contributed by atoms with E-state index in [0.29, 0.717) is 42.6 Å². The van der Waals surface area contributed by atoms with Crippen molar-refractivity contribution in [2.24, 2.45) is 0 Å². The number of nitrogens with one attached hydrogen (secondary N) is 1. The lowest BCUT2D eigenvalue weighted by Gasteiger charge is -2.35. The largest absolute Gasteiger partial charge is 0.491 e. The van der Waals surface area contributed by atoms with E-state index in [4.69, 9.17) is 16.3 Å². The first kappa shape index (κ1) is 22.2. The summed E-state index contributed by atoms with van der Waals surface area (Å²) in [5.74, 6) is 0.407. The minimum absolute atomic E-state index is 0.0288. The molecule has 1 N–H and O–H groups in total. The number of amides is 1. The minimum atomic E-state index is -3.81. The number of halogens is 1. The number of rotatable bonds is 7. The molecule has 0 aliphatic carbocycles. The third-order valence-corrected chi connectivity index (χ3v) is 5.88. The van der Waals surface area contributed by atoms with E-state index >= 15 is 0 Å². The van der Waals surface area contributed by atoms with Crippen molar-refractivity contribution >= 4 is 39.0 Å². The van der Waals surface area contributed by atoms with Gasteiger partial charge in [0.25, 0.3) is 0 Å². The molecule has 30 heavy (non-hydrogen) atoms. The second-order valence-corrected chi connectivity index (χ2v) is 9.41. The van der Waals surface area contributed by atoms with Gasteiger partial charge in [0, 0.05) is 38.1 Å². The van der Waals surface area contributed by atoms with Crippen LogP contribution in [0.25, 0.3) is 0 Å². The highest BCUT2D eigenvalue weighted by atomic mass is 35.5. The molecule has 1 aliphatic rings. The van der Waals surface area contributed by atoms with Gasteiger partial charge in [0.05, 0.1) is 11.1 Å². The number of aromatic nitrogens is 1. The van der Waals surface area contributed by atoms with Gasteiger partial charge in [-0.2, -0.15) is 0 Å². The summed E-state index contributed by atoms with van der Waals surface area (Å²) in [7, 11) is -3.81. The van der Waals surface area contributed by atoms with Gasteiger partial charge < -0.3 is 14.5 Å². The normalized spacial score (nSPS) is 14.7. The number of nitrogens with zero attached hydrogens (tertiary/aromatic N) is 3. The number of anilines is 2. The van der Waals surface area contributed by atoms with Gasteiger partial charge in [0.15, 0.2) is 0 Å². The highest BCUT2D eigenvalue weighted by Gasteiger charge is 2.26. The monoisotopic (exact) mass is 452 g/mol. The highest BCUT2D eigenvalue weighted by molar-refractivity contribution is 7.93. The van der Waals surface area contributed by atoms with Crippen LogP contribution in [0.15, 0.2) is 42.6 Å². The summed E-state index contributed by atoms with van der Waals surface area (Å²) in [5.41, 5.74) is 0.387. The van der Waals surface area contributed by atoms with Crippen molar-refractivity contribution in [2.75, 3.05) is 41.6 Å². The average molecular weight is 453 g/mol. The first-order valence-electron chi connectivity index (χ1n) is 9.63. The van der Waals surface area contributed by atoms with E-state index < -0.39 is 21.7 Å². The molecule has 0 spiro atoms. The quantitative estimate of drug-likeness (QED) is 0.694. The molecule has 10 heteroatoms. The van der Waals surface area contributed by atoms with Crippen LogP contribution in [0, 0.1) is 0 Å². The van der Waals surface area contributed by atoms with E-state index in [1.165, 1.54) is 0 Å². The molecule has 2 heterocycles. The van der Waals surface area contributed by atoms with Crippen molar-refractivity contribution in [2.45, 2.75) is 20.0 Å². The Bertz CT molecular complexity index is 957. The van der Waals surface area contributed by atoms with E-state index in [0.717, 1.165) is 5.82 Å². The van der Waals surface area contributed by atoms with Crippen LogP contribution < -0.4 is 14.4 Å². The summed E-state index contributed by atoms with van der Waals surface area (Å²) < 4.78 is 32.8. The Morgan fingerprint density at radius 2 is 1.80 bits per heavy atom. The summed E-state index contributed by atoms with van der Waals surface area (Å²) in [6.07, 6.45) is 1.61. The highest BCUT2D eigenvalue weighted by Crippen LogP contribution is 2.19. The Hall–Kier alpha value is -2.52. The van der Waals surface area contributed by atoms with Crippen LogP contribution in [-0.2, 0) is 14.8 Å². The summed E-state index contributed by atoms with van der Waals surface area (Å²) in [5, 5.41) is 0.562. The zero-order chi connectivity index (χ0) is 21.7. The van der Waals surface area contributed by atoms with Crippen molar-refractivity contribution in [3.8, 4) is 5.75 Å². The third-order valence-electron chi connectivity index (χ3n) is 4.48. The summed E-state index contributed by atoms with van der Waals surface area (Å²) in [6.45, 7) is 5.83. The van der Waals surface area contributed by atoms with E-state index in [2.05, 4.69) is 9.71 Å². The van der Waals surface area contributed by atoms with Gasteiger partial charge in [-0.3, -0.25) is 9.52 Å². The smallest absolute Gasteiger partial charge is 0.241 e. The average Bonchev–Trinajstić information content (AvgIpc) is 2.69. The molecule has 0 saturated carbocycles. The molecule has 0 unspecified atom stereocenters. The number of benzene rings is 1. The SMILES string of the molecule is CC(C)Oc1ccc(NS(=O)(=O)CC(=O)N2CCN(c3ccc(Cl)cn3)CC2)cc1. The van der Waals surface area contributed by atoms with Crippen LogP contribution in [-0.4, -0.2) is 62.2 Å². The number of ether oxygens (including phenoxy) is 1. The van der Waals surface area contributed by atoms with E-state index in [-0.39, 0.29) is 6.10 Å². The maximum Gasteiger partial charge on any atom is 0.241 e. The molecule has 0 atom stereocenters. The lowest BCUT2D eigenvalue weighted by atomic mass is 10.3. The third kappa shape index (κ3) is 6.24. The lowest BCUT2D eigenvalue weighted by Crippen LogP contribution is -2.50. The molecule has 1 aliphatic heterocycles. The van der Waals surface area contributed by atoms with Gasteiger partial charge in [-0.15, -0.1) is 0 Å². The Balaban J connectivity index is 1.51. The zero-order valence-electron chi connectivity index (χ0n) is 16.9. The maximum absolute atomic E-state index is 12.5. The van der Waals surface area contributed by atoms with Crippen LogP contribution in [0.2, 0.25) is 5.02 Å². The van der Waals surface area contributed by atoms with E-state index in [1.807, 2.05) is 24.8 Å². The van der Waals surface area contributed by atoms with Gasteiger partial charge in [0.1, 0.15) is 17.3 Å². The standard InChI is InChI=1S/C20H25ClN4O4S/c1-15(2)29-18-6-4-17(5-7-18)23-30(27,28)14-20(26)25-11-9-24(10-12-25)19-8-3-16(21)13-22-19/h3-8,13,15,23H,9-12,14H2,1-2H3. The lowest BCUT2D eigenvalue weighted by molar-refractivity contribution is -0.128. The Morgan fingerprint density at radius 1 is 1.13 bits per heavy atom. The minimum Gasteiger partial charge on any atom is -0.491 e. The molecular weight excluding hydrogens is 428 g/mol. The van der Waals surface area contributed by atoms with Gasteiger partial charge in [0.2, 0.25) is 15.9 Å². The second-order valence-electron chi connectivity index (χ2n) is 7.25. The zero-order valence-corrected chi connectivity index (χ0v) is 18.5. The number of carbonyl (C=O) groups excluding carboxylic acids is 1. The van der Waals surface area contributed by atoms with E-state index in [9.17, 15) is 13.2 Å². The number of hydrogen-bond acceptors (Lipinski definition) is 6. The molecule has 162 valence electrons. The molecule has 2 aromatic rings. The number of hydrogen-bond donors (Lipinski definition) is 1. The first-order valence-corrected chi connectivity index (χ1v) is 11.7. The molecule has 3 rings (SSSR count). The van der Waals surface area contributed by atoms with Crippen LogP contribution in [0.4, 0.5) is 11.5 Å². The molecule has 1 amide bonds. The predicted octanol–water partition coefficient (Wildman–Crippen LogP) is 2.61. The van der Waals surface area contributed by atoms with Gasteiger partial charge in [-0.25, -0.2) is 13.4 Å². The summed E-state index contributed by atoms with van der Waals surface area (Å²) in [4.78, 5) is 20.4. The summed E-state index contributed by atoms with van der Waals surface area (Å²) >= 11 is 5.86. The maximum atomic E-state index is 12.5. The van der Waals surface area contributed by atoms with Crippen molar-refractivity contribution in [1.82, 2.24) is 9.88 Å². The molecule has 0 bridgehead atoms. The number of carbonyl (C=O) groups is 1. The molecule has 1 aromatic heterocycles. The van der Waals surface area contributed by atoms with Crippen molar-refractivity contribution in [1.29, 1.82) is 0 Å². The van der Waals surface area contributed by atoms with E-state index in [1.54, 1.807) is 41.4 Å². The molecule has 8 nitrogen and oxygen atoms in total.